The smallest absolute Gasteiger partial charge is 0.239 e. The van der Waals surface area contributed by atoms with Gasteiger partial charge in [-0.2, -0.15) is 0 Å². The summed E-state index contributed by atoms with van der Waals surface area (Å²) in [4.78, 5) is 1.97. The molecule has 0 atom stereocenters. The van der Waals surface area contributed by atoms with Gasteiger partial charge in [-0.05, 0) is 53.8 Å². The molecule has 0 aliphatic heterocycles. The summed E-state index contributed by atoms with van der Waals surface area (Å²) in [5.74, 6) is -1.53. The number of aromatic hydroxyl groups is 2. The third-order valence-corrected chi connectivity index (χ3v) is 4.14. The molecule has 0 aromatic heterocycles. The maximum Gasteiger partial charge on any atom is 0.239 e. The Labute approximate surface area is 178 Å². The van der Waals surface area contributed by atoms with E-state index in [9.17, 15) is 10.2 Å². The van der Waals surface area contributed by atoms with Crippen molar-refractivity contribution in [3.8, 4) is 28.4 Å². The Balaban J connectivity index is 0.00000136. The second kappa shape index (κ2) is 9.13. The van der Waals surface area contributed by atoms with Crippen molar-refractivity contribution in [2.24, 2.45) is 11.5 Å². The molecule has 0 aliphatic rings. The number of anilines is 1. The van der Waals surface area contributed by atoms with Crippen LogP contribution in [0.1, 0.15) is 11.1 Å². The molecule has 0 aliphatic carbocycles. The molecule has 148 valence electrons. The van der Waals surface area contributed by atoms with Crippen LogP contribution in [0.25, 0.3) is 11.1 Å². The quantitative estimate of drug-likeness (QED) is 0.124. The van der Waals surface area contributed by atoms with E-state index in [1.54, 1.807) is 24.3 Å². The summed E-state index contributed by atoms with van der Waals surface area (Å²) in [5.41, 5.74) is 21.1. The van der Waals surface area contributed by atoms with Crippen LogP contribution in [-0.4, -0.2) is 15.1 Å². The van der Waals surface area contributed by atoms with Gasteiger partial charge in [0.15, 0.2) is 5.75 Å². The van der Waals surface area contributed by atoms with Crippen molar-refractivity contribution in [1.29, 1.82) is 0 Å². The first-order valence-corrected chi connectivity index (χ1v) is 10.6. The Morgan fingerprint density at radius 2 is 1.43 bits per heavy atom. The van der Waals surface area contributed by atoms with Crippen LogP contribution in [0.3, 0.4) is 0 Å². The van der Waals surface area contributed by atoms with Crippen molar-refractivity contribution in [1.82, 2.24) is 0 Å². The number of phenolic OH excluding ortho intramolecular Hbond substituents is 2. The number of rotatable bonds is 4. The largest absolute Gasteiger partial charge is 0.508 e. The van der Waals surface area contributed by atoms with Crippen molar-refractivity contribution in [3.05, 3.63) is 71.8 Å². The summed E-state index contributed by atoms with van der Waals surface area (Å²) < 4.78 is 5.64. The number of hydrogen-bond acceptors (Lipinski definition) is 6. The van der Waals surface area contributed by atoms with Gasteiger partial charge in [-0.15, -0.1) is 0 Å². The van der Waals surface area contributed by atoms with Gasteiger partial charge in [0, 0.05) is 11.1 Å². The van der Waals surface area contributed by atoms with Crippen LogP contribution in [0.15, 0.2) is 60.7 Å². The van der Waals surface area contributed by atoms with E-state index >= 15 is 0 Å². The summed E-state index contributed by atoms with van der Waals surface area (Å²) in [6.07, 6.45) is 0. The molecule has 0 heterocycles. The lowest BCUT2D eigenvalue weighted by Gasteiger charge is -2.27. The maximum absolute atomic E-state index is 10.5. The van der Waals surface area contributed by atoms with Gasteiger partial charge in [0.1, 0.15) is 17.2 Å². The fraction of sp³-hybridized carbons (Fsp3) is 0.143. The number of aryl methyl sites for hydroxylation is 1. The predicted octanol–water partition coefficient (Wildman–Crippen LogP) is 3.81. The van der Waals surface area contributed by atoms with Gasteiger partial charge in [-0.1, -0.05) is 52.4 Å². The zero-order valence-electron chi connectivity index (χ0n) is 15.7. The minimum Gasteiger partial charge on any atom is -0.508 e. The van der Waals surface area contributed by atoms with Crippen LogP contribution >= 0.6 is 22.6 Å². The average molecular weight is 493 g/mol. The standard InChI is InChI=1S/C20H21N3O3.CH3I/c1-12-2-4-13(5-3-12)16-10-11-17(18(21)19(16)25)26-20(22,23)14-6-8-15(24)9-7-14;1-2/h2-11,24-25H,21-23H2,1H3;1H3. The Hall–Kier alpha value is -2.49. The van der Waals surface area contributed by atoms with Gasteiger partial charge in [-0.3, -0.25) is 11.5 Å². The topological polar surface area (TPSA) is 128 Å². The third kappa shape index (κ3) is 4.86. The molecule has 0 unspecified atom stereocenters. The van der Waals surface area contributed by atoms with Crippen LogP contribution in [0.4, 0.5) is 5.69 Å². The Morgan fingerprint density at radius 3 is 2.00 bits per heavy atom. The van der Waals surface area contributed by atoms with Gasteiger partial charge < -0.3 is 20.7 Å². The van der Waals surface area contributed by atoms with Crippen molar-refractivity contribution in [3.63, 3.8) is 0 Å². The monoisotopic (exact) mass is 493 g/mol. The molecular weight excluding hydrogens is 469 g/mol. The van der Waals surface area contributed by atoms with Crippen LogP contribution in [0.2, 0.25) is 0 Å². The lowest BCUT2D eigenvalue weighted by molar-refractivity contribution is 0.0814. The molecule has 0 fully saturated rings. The fourth-order valence-corrected chi connectivity index (χ4v) is 2.61. The highest BCUT2D eigenvalue weighted by Crippen LogP contribution is 2.40. The van der Waals surface area contributed by atoms with Gasteiger partial charge in [0.2, 0.25) is 5.85 Å². The number of benzene rings is 3. The highest BCUT2D eigenvalue weighted by Gasteiger charge is 2.26. The molecule has 3 aromatic carbocycles. The van der Waals surface area contributed by atoms with Gasteiger partial charge >= 0.3 is 0 Å². The summed E-state index contributed by atoms with van der Waals surface area (Å²) in [7, 11) is 0. The van der Waals surface area contributed by atoms with Crippen LogP contribution in [0.5, 0.6) is 17.2 Å². The van der Waals surface area contributed by atoms with E-state index in [1.807, 2.05) is 36.1 Å². The summed E-state index contributed by atoms with van der Waals surface area (Å²) in [6.45, 7) is 1.99. The number of halogens is 1. The van der Waals surface area contributed by atoms with Gasteiger partial charge in [0.25, 0.3) is 0 Å². The Morgan fingerprint density at radius 1 is 0.857 bits per heavy atom. The molecule has 0 amide bonds. The lowest BCUT2D eigenvalue weighted by Crippen LogP contribution is -2.51. The molecule has 0 radical (unpaired) electrons. The SMILES string of the molecule is CI.Cc1ccc(-c2ccc(OC(N)(N)c3ccc(O)cc3)c(N)c2O)cc1. The summed E-state index contributed by atoms with van der Waals surface area (Å²) in [6, 6.07) is 17.0. The first-order valence-electron chi connectivity index (χ1n) is 8.40. The first kappa shape index (κ1) is 21.8. The van der Waals surface area contributed by atoms with E-state index in [0.717, 1.165) is 11.1 Å². The predicted molar refractivity (Wildman–Crippen MR) is 121 cm³/mol. The van der Waals surface area contributed by atoms with Crippen LogP contribution < -0.4 is 21.9 Å². The lowest BCUT2D eigenvalue weighted by atomic mass is 10.0. The second-order valence-corrected chi connectivity index (χ2v) is 6.18. The Kier molecular flexibility index (Phi) is 7.11. The molecule has 7 heteroatoms. The average Bonchev–Trinajstić information content (AvgIpc) is 2.68. The molecular formula is C21H24IN3O3. The molecule has 28 heavy (non-hydrogen) atoms. The summed E-state index contributed by atoms with van der Waals surface area (Å²) >= 11 is 2.15. The molecule has 3 aromatic rings. The number of nitrogens with two attached hydrogens (primary N) is 3. The number of ether oxygens (including phenoxy) is 1. The minimum atomic E-state index is -1.68. The molecule has 0 saturated heterocycles. The normalized spacial score (nSPS) is 10.8. The number of hydrogen-bond donors (Lipinski definition) is 5. The summed E-state index contributed by atoms with van der Waals surface area (Å²) in [5, 5.41) is 19.9. The van der Waals surface area contributed by atoms with E-state index in [1.165, 1.54) is 12.1 Å². The zero-order valence-corrected chi connectivity index (χ0v) is 17.8. The maximum atomic E-state index is 10.5. The molecule has 6 nitrogen and oxygen atoms in total. The molecule has 0 saturated carbocycles. The van der Waals surface area contributed by atoms with Gasteiger partial charge in [0.05, 0.1) is 0 Å². The van der Waals surface area contributed by atoms with Crippen molar-refractivity contribution < 1.29 is 14.9 Å². The number of phenols is 2. The van der Waals surface area contributed by atoms with Crippen LogP contribution in [0, 0.1) is 6.92 Å². The number of nitrogen functional groups attached to an aromatic ring is 1. The van der Waals surface area contributed by atoms with E-state index < -0.39 is 5.85 Å². The molecule has 0 spiro atoms. The van der Waals surface area contributed by atoms with Gasteiger partial charge in [-0.25, -0.2) is 0 Å². The second-order valence-electron chi connectivity index (χ2n) is 6.18. The van der Waals surface area contributed by atoms with E-state index in [4.69, 9.17) is 21.9 Å². The van der Waals surface area contributed by atoms with Crippen LogP contribution in [-0.2, 0) is 5.85 Å². The highest BCUT2D eigenvalue weighted by molar-refractivity contribution is 14.1. The highest BCUT2D eigenvalue weighted by atomic mass is 127. The van der Waals surface area contributed by atoms with E-state index in [2.05, 4.69) is 22.6 Å². The number of alkyl halides is 1. The first-order chi connectivity index (χ1) is 13.3. The van der Waals surface area contributed by atoms with Crippen molar-refractivity contribution >= 4 is 28.3 Å². The van der Waals surface area contributed by atoms with E-state index in [0.29, 0.717) is 11.1 Å². The molecule has 0 bridgehead atoms. The molecule has 3 rings (SSSR count). The Bertz CT molecular complexity index is 927. The van der Waals surface area contributed by atoms with Crippen molar-refractivity contribution in [2.75, 3.05) is 10.7 Å². The minimum absolute atomic E-state index is 0.0436. The third-order valence-electron chi connectivity index (χ3n) is 4.14. The van der Waals surface area contributed by atoms with E-state index in [-0.39, 0.29) is 22.9 Å². The van der Waals surface area contributed by atoms with Crippen molar-refractivity contribution in [2.45, 2.75) is 12.8 Å². The fourth-order valence-electron chi connectivity index (χ4n) is 2.61. The zero-order chi connectivity index (χ0) is 20.9. The molecule has 8 N–H and O–H groups in total.